The number of ether oxygens (including phenoxy) is 8. The maximum atomic E-state index is 12.4. The van der Waals surface area contributed by atoms with Crippen molar-refractivity contribution >= 4 is 73.3 Å². The van der Waals surface area contributed by atoms with Gasteiger partial charge < -0.3 is 62.0 Å². The molecule has 27 heteroatoms. The summed E-state index contributed by atoms with van der Waals surface area (Å²) in [5, 5.41) is 17.3. The van der Waals surface area contributed by atoms with Gasteiger partial charge in [-0.15, -0.1) is 0 Å². The van der Waals surface area contributed by atoms with E-state index in [9.17, 15) is 4.79 Å². The SMILES string of the molecule is COCCn1cc(-c2cnc3ccc(N(Cc4cc(C)no4)c4cc(OC)cc(OC)c4)cc3n2)cn1.COc1cc(OC)cc(N(CC2CC2)c2ccc3ncc(-c4cnn(CCC5CCN(C(=O)OC(C)(C)C)CC5)c4)nc3c2)c1.COc1ccc(N(CC2CC2)c2ccc3ncc(-c4cnn(C)c4)nc3c2)cc1OC. The number of anilines is 6. The van der Waals surface area contributed by atoms with Crippen molar-refractivity contribution in [3.8, 4) is 68.3 Å². The maximum Gasteiger partial charge on any atom is 0.410 e. The zero-order valence-corrected chi connectivity index (χ0v) is 66.2. The zero-order valence-electron chi connectivity index (χ0n) is 66.2. The second-order valence-corrected chi connectivity index (χ2v) is 29.7. The molecular formula is C86H97N17O10. The molecule has 0 radical (unpaired) electrons. The number of aryl methyl sites for hydroxylation is 3. The first-order valence-corrected chi connectivity index (χ1v) is 38.1. The number of fused-ring (bicyclic) bond motifs is 3. The maximum absolute atomic E-state index is 12.4. The molecule has 586 valence electrons. The fraction of sp³-hybridized carbons (Fsp3) is 0.360. The van der Waals surface area contributed by atoms with Crippen LogP contribution in [0.15, 0.2) is 176 Å². The van der Waals surface area contributed by atoms with Crippen LogP contribution >= 0.6 is 0 Å². The van der Waals surface area contributed by atoms with Crippen molar-refractivity contribution in [3.05, 3.63) is 182 Å². The van der Waals surface area contributed by atoms with Gasteiger partial charge in [-0.25, -0.2) is 19.7 Å². The summed E-state index contributed by atoms with van der Waals surface area (Å²) in [7, 11) is 13.5. The summed E-state index contributed by atoms with van der Waals surface area (Å²) < 4.78 is 54.9. The summed E-state index contributed by atoms with van der Waals surface area (Å²) in [4.78, 5) is 49.7. The van der Waals surface area contributed by atoms with Gasteiger partial charge in [-0.05, 0) is 157 Å². The summed E-state index contributed by atoms with van der Waals surface area (Å²) in [5.41, 5.74) is 16.5. The molecule has 1 saturated heterocycles. The number of amides is 1. The van der Waals surface area contributed by atoms with Crippen molar-refractivity contribution in [1.82, 2.24) is 69.3 Å². The van der Waals surface area contributed by atoms with Gasteiger partial charge in [0.1, 0.15) is 28.6 Å². The van der Waals surface area contributed by atoms with Crippen molar-refractivity contribution in [2.45, 2.75) is 97.9 Å². The van der Waals surface area contributed by atoms with Gasteiger partial charge in [0.15, 0.2) is 17.3 Å². The third kappa shape index (κ3) is 19.5. The van der Waals surface area contributed by atoms with Gasteiger partial charge >= 0.3 is 6.09 Å². The Kier molecular flexibility index (Phi) is 23.9. The van der Waals surface area contributed by atoms with Crippen LogP contribution in [0, 0.1) is 24.7 Å². The molecular weight excluding hydrogens is 1430 g/mol. The number of piperidine rings is 1. The highest BCUT2D eigenvalue weighted by Crippen LogP contribution is 2.43. The number of hydrogen-bond acceptors (Lipinski definition) is 23. The van der Waals surface area contributed by atoms with Gasteiger partial charge in [0, 0.05) is 165 Å². The van der Waals surface area contributed by atoms with E-state index in [0.29, 0.717) is 48.9 Å². The normalized spacial score (nSPS) is 13.6. The number of carbonyl (C=O) groups excluding carboxylic acids is 1. The lowest BCUT2D eigenvalue weighted by Crippen LogP contribution is -2.41. The van der Waals surface area contributed by atoms with Gasteiger partial charge in [0.25, 0.3) is 0 Å². The number of aromatic nitrogens is 13. The first kappa shape index (κ1) is 77.3. The van der Waals surface area contributed by atoms with Crippen LogP contribution in [-0.2, 0) is 36.2 Å². The van der Waals surface area contributed by atoms with Crippen LogP contribution in [-0.4, -0.2) is 164 Å². The van der Waals surface area contributed by atoms with E-state index in [1.54, 1.807) is 73.0 Å². The smallest absolute Gasteiger partial charge is 0.410 e. The van der Waals surface area contributed by atoms with Crippen molar-refractivity contribution in [1.29, 1.82) is 0 Å². The van der Waals surface area contributed by atoms with Crippen LogP contribution in [0.2, 0.25) is 0 Å². The Hall–Kier alpha value is -12.4. The lowest BCUT2D eigenvalue weighted by Gasteiger charge is -2.33. The van der Waals surface area contributed by atoms with Crippen molar-refractivity contribution in [3.63, 3.8) is 0 Å². The predicted octanol–water partition coefficient (Wildman–Crippen LogP) is 16.5. The Bertz CT molecular complexity index is 5380. The van der Waals surface area contributed by atoms with Crippen LogP contribution in [0.1, 0.15) is 77.2 Å². The molecule has 13 aromatic rings. The van der Waals surface area contributed by atoms with Gasteiger partial charge in [-0.2, -0.15) is 15.3 Å². The van der Waals surface area contributed by atoms with E-state index in [1.807, 2.05) is 153 Å². The van der Waals surface area contributed by atoms with Crippen LogP contribution in [0.5, 0.6) is 34.5 Å². The molecule has 0 bridgehead atoms. The predicted molar refractivity (Wildman–Crippen MR) is 435 cm³/mol. The van der Waals surface area contributed by atoms with E-state index in [-0.39, 0.29) is 6.09 Å². The van der Waals surface area contributed by atoms with Crippen LogP contribution in [0.4, 0.5) is 38.9 Å². The molecule has 2 aliphatic carbocycles. The average Bonchev–Trinajstić information content (AvgIpc) is 1.67. The first-order chi connectivity index (χ1) is 54.9. The Balaban J connectivity index is 0.000000143. The molecule has 0 N–H and O–H groups in total. The third-order valence-electron chi connectivity index (χ3n) is 20.2. The molecule has 8 heterocycles. The Morgan fingerprint density at radius 1 is 0.469 bits per heavy atom. The van der Waals surface area contributed by atoms with E-state index in [1.165, 1.54) is 25.7 Å². The fourth-order valence-electron chi connectivity index (χ4n) is 13.6. The molecule has 1 aliphatic heterocycles. The van der Waals surface area contributed by atoms with Crippen molar-refractivity contribution in [2.24, 2.45) is 24.8 Å². The number of benzene rings is 6. The highest BCUT2D eigenvalue weighted by Gasteiger charge is 2.30. The molecule has 3 fully saturated rings. The highest BCUT2D eigenvalue weighted by molar-refractivity contribution is 5.86. The fourth-order valence-corrected chi connectivity index (χ4v) is 13.6. The summed E-state index contributed by atoms with van der Waals surface area (Å²) in [5.74, 6) is 6.98. The third-order valence-corrected chi connectivity index (χ3v) is 20.2. The molecule has 7 aromatic heterocycles. The molecule has 6 aromatic carbocycles. The largest absolute Gasteiger partial charge is 0.497 e. The Morgan fingerprint density at radius 3 is 1.36 bits per heavy atom. The Morgan fingerprint density at radius 2 is 0.920 bits per heavy atom. The van der Waals surface area contributed by atoms with Crippen LogP contribution in [0.3, 0.4) is 0 Å². The topological polar surface area (TPSA) is 261 Å². The van der Waals surface area contributed by atoms with Crippen molar-refractivity contribution in [2.75, 3.05) is 97.3 Å². The highest BCUT2D eigenvalue weighted by atomic mass is 16.6. The number of methoxy groups -OCH3 is 7. The molecule has 0 unspecified atom stereocenters. The minimum absolute atomic E-state index is 0.211. The molecule has 0 spiro atoms. The van der Waals surface area contributed by atoms with E-state index >= 15 is 0 Å². The standard InChI is InChI=1S/C35H44N6O4.C27H28N6O4.C24H25N5O2/c1-35(2,3)45-34(42)39-13-10-24(11-14-39)12-15-40-23-26(20-37-40)33-21-36-31-9-8-27(18-32(31)38-33)41(22-25-6-7-25)28-16-29(43-4)19-30(17-28)44-5;1-18-9-24(37-31-18)17-33(21-10-22(35-3)13-23(11-21)36-4)20-5-6-25-26(12-20)30-27(15-28-25)19-14-29-32(16-19)7-8-34-2;1-28-15-17(12-26-28)22-13-25-20-8-6-18(10-21(20)27-22)29(14-16-4-5-16)19-7-9-23(30-2)24(11-19)31-3/h8-9,16-21,23-25H,6-7,10-15,22H2,1-5H3;5-6,9-16H,7-8,17H2,1-4H3;6-13,15-16H,4-5,14H2,1-3H3. The van der Waals surface area contributed by atoms with Crippen molar-refractivity contribution < 1.29 is 47.2 Å². The van der Waals surface area contributed by atoms with Crippen LogP contribution in [0.25, 0.3) is 66.9 Å². The summed E-state index contributed by atoms with van der Waals surface area (Å²) >= 11 is 0. The first-order valence-electron chi connectivity index (χ1n) is 38.1. The Labute approximate surface area is 657 Å². The monoisotopic (exact) mass is 1530 g/mol. The quantitative estimate of drug-likeness (QED) is 0.0463. The molecule has 1 amide bonds. The average molecular weight is 1530 g/mol. The second-order valence-electron chi connectivity index (χ2n) is 29.7. The number of carbonyl (C=O) groups is 1. The molecule has 0 atom stereocenters. The summed E-state index contributed by atoms with van der Waals surface area (Å²) in [6.07, 6.45) is 24.6. The summed E-state index contributed by atoms with van der Waals surface area (Å²) in [6.45, 7) is 13.5. The van der Waals surface area contributed by atoms with Gasteiger partial charge in [-0.3, -0.25) is 29.0 Å². The van der Waals surface area contributed by atoms with Gasteiger partial charge in [0.05, 0.1) is 155 Å². The number of rotatable bonds is 27. The van der Waals surface area contributed by atoms with E-state index in [2.05, 4.69) is 93.8 Å². The van der Waals surface area contributed by atoms with Crippen LogP contribution < -0.4 is 43.1 Å². The number of likely N-dealkylation sites (tertiary alicyclic amines) is 1. The van der Waals surface area contributed by atoms with Gasteiger partial charge in [-0.1, -0.05) is 5.16 Å². The van der Waals surface area contributed by atoms with Gasteiger partial charge in [0.2, 0.25) is 0 Å². The number of hydrogen-bond donors (Lipinski definition) is 0. The molecule has 16 rings (SSSR count). The van der Waals surface area contributed by atoms with E-state index < -0.39 is 5.60 Å². The zero-order chi connectivity index (χ0) is 78.7. The molecule has 2 saturated carbocycles. The minimum atomic E-state index is -0.467. The summed E-state index contributed by atoms with van der Waals surface area (Å²) in [6, 6.07) is 38.2. The minimum Gasteiger partial charge on any atom is -0.497 e. The lowest BCUT2D eigenvalue weighted by molar-refractivity contribution is 0.0179. The second kappa shape index (κ2) is 34.9. The van der Waals surface area contributed by atoms with E-state index in [0.717, 1.165) is 187 Å². The van der Waals surface area contributed by atoms with E-state index in [4.69, 9.17) is 62.4 Å². The molecule has 3 aliphatic rings. The number of nitrogens with zero attached hydrogens (tertiary/aromatic N) is 17. The molecule has 27 nitrogen and oxygen atoms in total. The molecule has 113 heavy (non-hydrogen) atoms. The lowest BCUT2D eigenvalue weighted by atomic mass is 9.94.